The minimum absolute atomic E-state index is 0.683. The Bertz CT molecular complexity index is 157. The molecular weight excluding hydrogens is 174 g/mol. The Morgan fingerprint density at radius 3 is 2.71 bits per heavy atom. The van der Waals surface area contributed by atoms with Gasteiger partial charge in [0.1, 0.15) is 0 Å². The van der Waals surface area contributed by atoms with E-state index in [1.807, 2.05) is 7.05 Å². The zero-order valence-corrected chi connectivity index (χ0v) is 10.1. The lowest BCUT2D eigenvalue weighted by Gasteiger charge is -2.42. The van der Waals surface area contributed by atoms with Crippen molar-refractivity contribution in [2.45, 2.75) is 32.4 Å². The van der Waals surface area contributed by atoms with Gasteiger partial charge >= 0.3 is 0 Å². The first-order valence-corrected chi connectivity index (χ1v) is 5.78. The quantitative estimate of drug-likeness (QED) is 0.716. The van der Waals surface area contributed by atoms with Gasteiger partial charge in [0.05, 0.1) is 0 Å². The zero-order valence-electron chi connectivity index (χ0n) is 10.1. The number of hydrogen-bond acceptors (Lipinski definition) is 3. The Balaban J connectivity index is 2.44. The molecule has 0 bridgehead atoms. The third-order valence-corrected chi connectivity index (χ3v) is 3.46. The second-order valence-corrected chi connectivity index (χ2v) is 4.44. The molecular formula is C11H25N3. The first-order chi connectivity index (χ1) is 6.69. The van der Waals surface area contributed by atoms with Gasteiger partial charge < -0.3 is 5.32 Å². The van der Waals surface area contributed by atoms with Gasteiger partial charge in [0, 0.05) is 38.3 Å². The molecule has 3 heteroatoms. The summed E-state index contributed by atoms with van der Waals surface area (Å²) in [5.74, 6) is 0. The molecule has 2 atom stereocenters. The van der Waals surface area contributed by atoms with Gasteiger partial charge in [-0.3, -0.25) is 9.80 Å². The summed E-state index contributed by atoms with van der Waals surface area (Å²) in [6.45, 7) is 9.36. The molecule has 1 fully saturated rings. The number of nitrogens with one attached hydrogen (secondary N) is 1. The maximum atomic E-state index is 3.28. The van der Waals surface area contributed by atoms with E-state index in [1.165, 1.54) is 26.1 Å². The van der Waals surface area contributed by atoms with Gasteiger partial charge in [-0.25, -0.2) is 0 Å². The van der Waals surface area contributed by atoms with Gasteiger partial charge in [0.25, 0.3) is 0 Å². The van der Waals surface area contributed by atoms with E-state index >= 15 is 0 Å². The van der Waals surface area contributed by atoms with Crippen molar-refractivity contribution in [3.05, 3.63) is 0 Å². The molecule has 14 heavy (non-hydrogen) atoms. The fraction of sp³-hybridized carbons (Fsp3) is 1.00. The Morgan fingerprint density at radius 2 is 2.14 bits per heavy atom. The summed E-state index contributed by atoms with van der Waals surface area (Å²) in [7, 11) is 4.27. The summed E-state index contributed by atoms with van der Waals surface area (Å²) in [6.07, 6.45) is 1.26. The van der Waals surface area contributed by atoms with Gasteiger partial charge in [-0.05, 0) is 27.4 Å². The molecule has 0 spiro atoms. The molecule has 0 aromatic carbocycles. The van der Waals surface area contributed by atoms with Crippen molar-refractivity contribution in [2.75, 3.05) is 40.3 Å². The molecule has 0 radical (unpaired) electrons. The lowest BCUT2D eigenvalue weighted by molar-refractivity contribution is 0.0689. The van der Waals surface area contributed by atoms with Crippen LogP contribution in [0.4, 0.5) is 0 Å². The Labute approximate surface area is 88.5 Å². The van der Waals surface area contributed by atoms with E-state index in [0.717, 1.165) is 12.6 Å². The van der Waals surface area contributed by atoms with Crippen molar-refractivity contribution >= 4 is 0 Å². The highest BCUT2D eigenvalue weighted by molar-refractivity contribution is 4.83. The van der Waals surface area contributed by atoms with Crippen molar-refractivity contribution < 1.29 is 0 Å². The number of rotatable bonds is 4. The van der Waals surface area contributed by atoms with E-state index in [9.17, 15) is 0 Å². The predicted octanol–water partition coefficient (Wildman–Crippen LogP) is 0.620. The molecule has 3 nitrogen and oxygen atoms in total. The van der Waals surface area contributed by atoms with Crippen molar-refractivity contribution in [3.63, 3.8) is 0 Å². The van der Waals surface area contributed by atoms with Gasteiger partial charge in [0.15, 0.2) is 0 Å². The Morgan fingerprint density at radius 1 is 1.43 bits per heavy atom. The largest absolute Gasteiger partial charge is 0.318 e. The van der Waals surface area contributed by atoms with Crippen LogP contribution in [-0.2, 0) is 0 Å². The SMILES string of the molecule is CCC(C)N1CCN(C)C(CNC)C1. The fourth-order valence-electron chi connectivity index (χ4n) is 2.08. The van der Waals surface area contributed by atoms with Gasteiger partial charge in [-0.1, -0.05) is 6.92 Å². The molecule has 0 aliphatic carbocycles. The third kappa shape index (κ3) is 2.94. The standard InChI is InChI=1S/C11H25N3/c1-5-10(2)14-7-6-13(4)11(9-14)8-12-3/h10-12H,5-9H2,1-4H3. The second-order valence-electron chi connectivity index (χ2n) is 4.44. The highest BCUT2D eigenvalue weighted by atomic mass is 15.3. The molecule has 0 aromatic rings. The van der Waals surface area contributed by atoms with Crippen LogP contribution in [0.25, 0.3) is 0 Å². The van der Waals surface area contributed by atoms with Crippen LogP contribution < -0.4 is 5.32 Å². The number of likely N-dealkylation sites (N-methyl/N-ethyl adjacent to an activating group) is 2. The van der Waals surface area contributed by atoms with Crippen molar-refractivity contribution in [2.24, 2.45) is 0 Å². The van der Waals surface area contributed by atoms with Crippen LogP contribution in [0.3, 0.4) is 0 Å². The van der Waals surface area contributed by atoms with Crippen LogP contribution >= 0.6 is 0 Å². The van der Waals surface area contributed by atoms with E-state index in [1.54, 1.807) is 0 Å². The molecule has 1 aliphatic heterocycles. The average molecular weight is 199 g/mol. The molecule has 2 unspecified atom stereocenters. The lowest BCUT2D eigenvalue weighted by atomic mass is 10.1. The molecule has 0 amide bonds. The van der Waals surface area contributed by atoms with E-state index in [4.69, 9.17) is 0 Å². The van der Waals surface area contributed by atoms with Crippen LogP contribution in [0.1, 0.15) is 20.3 Å². The molecule has 1 rings (SSSR count). The highest BCUT2D eigenvalue weighted by Crippen LogP contribution is 2.11. The number of nitrogens with zero attached hydrogens (tertiary/aromatic N) is 2. The summed E-state index contributed by atoms with van der Waals surface area (Å²) >= 11 is 0. The topological polar surface area (TPSA) is 18.5 Å². The molecule has 0 saturated carbocycles. The maximum Gasteiger partial charge on any atom is 0.0345 e. The first-order valence-electron chi connectivity index (χ1n) is 5.78. The average Bonchev–Trinajstić information content (AvgIpc) is 2.20. The van der Waals surface area contributed by atoms with E-state index in [0.29, 0.717) is 6.04 Å². The van der Waals surface area contributed by atoms with Gasteiger partial charge in [-0.15, -0.1) is 0 Å². The summed E-state index contributed by atoms with van der Waals surface area (Å²) in [5, 5.41) is 3.28. The molecule has 1 heterocycles. The maximum absolute atomic E-state index is 3.28. The second kappa shape index (κ2) is 5.69. The number of hydrogen-bond donors (Lipinski definition) is 1. The van der Waals surface area contributed by atoms with Crippen LogP contribution in [0.15, 0.2) is 0 Å². The van der Waals surface area contributed by atoms with Gasteiger partial charge in [0.2, 0.25) is 0 Å². The Kier molecular flexibility index (Phi) is 4.85. The summed E-state index contributed by atoms with van der Waals surface area (Å²) in [5.41, 5.74) is 0. The van der Waals surface area contributed by atoms with Crippen molar-refractivity contribution in [1.82, 2.24) is 15.1 Å². The van der Waals surface area contributed by atoms with Crippen LogP contribution in [0, 0.1) is 0 Å². The molecule has 1 saturated heterocycles. The smallest absolute Gasteiger partial charge is 0.0345 e. The van der Waals surface area contributed by atoms with E-state index < -0.39 is 0 Å². The Hall–Kier alpha value is -0.120. The minimum Gasteiger partial charge on any atom is -0.318 e. The zero-order chi connectivity index (χ0) is 10.6. The third-order valence-electron chi connectivity index (χ3n) is 3.46. The van der Waals surface area contributed by atoms with Crippen molar-refractivity contribution in [3.8, 4) is 0 Å². The van der Waals surface area contributed by atoms with Crippen LogP contribution in [0.5, 0.6) is 0 Å². The normalized spacial score (nSPS) is 27.9. The summed E-state index contributed by atoms with van der Waals surface area (Å²) < 4.78 is 0. The van der Waals surface area contributed by atoms with Crippen molar-refractivity contribution in [1.29, 1.82) is 0 Å². The molecule has 0 aromatic heterocycles. The van der Waals surface area contributed by atoms with Crippen LogP contribution in [-0.4, -0.2) is 62.2 Å². The van der Waals surface area contributed by atoms with Crippen LogP contribution in [0.2, 0.25) is 0 Å². The minimum atomic E-state index is 0.683. The molecule has 1 N–H and O–H groups in total. The first kappa shape index (κ1) is 12.0. The fourth-order valence-corrected chi connectivity index (χ4v) is 2.08. The highest BCUT2D eigenvalue weighted by Gasteiger charge is 2.25. The van der Waals surface area contributed by atoms with Gasteiger partial charge in [-0.2, -0.15) is 0 Å². The summed E-state index contributed by atoms with van der Waals surface area (Å²) in [4.78, 5) is 5.08. The molecule has 84 valence electrons. The lowest BCUT2D eigenvalue weighted by Crippen LogP contribution is -2.56. The number of piperazine rings is 1. The van der Waals surface area contributed by atoms with E-state index in [-0.39, 0.29) is 0 Å². The van der Waals surface area contributed by atoms with E-state index in [2.05, 4.69) is 36.0 Å². The summed E-state index contributed by atoms with van der Waals surface area (Å²) in [6, 6.07) is 1.42. The monoisotopic (exact) mass is 199 g/mol. The molecule has 1 aliphatic rings. The predicted molar refractivity (Wildman–Crippen MR) is 61.7 cm³/mol.